The molecular weight excluding hydrogens is 288 g/mol. The minimum atomic E-state index is -0.724. The van der Waals surface area contributed by atoms with Crippen molar-refractivity contribution in [2.24, 2.45) is 0 Å². The molecule has 0 aromatic carbocycles. The summed E-state index contributed by atoms with van der Waals surface area (Å²) in [4.78, 5) is 10.3. The third-order valence-electron chi connectivity index (χ3n) is 2.98. The van der Waals surface area contributed by atoms with Crippen LogP contribution in [0.25, 0.3) is 0 Å². The fraction of sp³-hybridized carbons (Fsp3) is 0.450. The Kier molecular flexibility index (Phi) is 16.7. The van der Waals surface area contributed by atoms with Crippen LogP contribution in [0.1, 0.15) is 51.4 Å². The molecule has 0 unspecified atom stereocenters. The molecule has 0 fully saturated rings. The van der Waals surface area contributed by atoms with Crippen molar-refractivity contribution in [1.29, 1.82) is 0 Å². The summed E-state index contributed by atoms with van der Waals surface area (Å²) in [7, 11) is 0. The van der Waals surface area contributed by atoms with E-state index in [1.54, 1.807) is 0 Å². The fourth-order valence-electron chi connectivity index (χ4n) is 1.77. The summed E-state index contributed by atoms with van der Waals surface area (Å²) in [5.74, 6) is -0.724. The third-order valence-corrected chi connectivity index (χ3v) is 2.98. The first-order valence-electron chi connectivity index (χ1n) is 8.35. The quantitative estimate of drug-likeness (QED) is 0.351. The van der Waals surface area contributed by atoms with Crippen LogP contribution < -0.4 is 0 Å². The van der Waals surface area contributed by atoms with Crippen molar-refractivity contribution in [3.63, 3.8) is 0 Å². The Balaban J connectivity index is 3.46. The van der Waals surface area contributed by atoms with E-state index in [2.05, 4.69) is 48.6 Å². The largest absolute Gasteiger partial charge is 0.481 e. The normalized spacial score (nSPS) is 12.7. The number of aliphatic hydroxyl groups excluding tert-OH is 1. The summed E-state index contributed by atoms with van der Waals surface area (Å²) < 4.78 is 0. The molecule has 0 atom stereocenters. The number of carboxylic acids is 1. The number of hydrogen-bond donors (Lipinski definition) is 2. The van der Waals surface area contributed by atoms with Crippen LogP contribution in [0, 0.1) is 0 Å². The van der Waals surface area contributed by atoms with Crippen LogP contribution in [0.5, 0.6) is 0 Å². The molecule has 0 aliphatic rings. The highest BCUT2D eigenvalue weighted by Gasteiger charge is 1.92. The van der Waals surface area contributed by atoms with Gasteiger partial charge in [-0.05, 0) is 44.9 Å². The van der Waals surface area contributed by atoms with Crippen LogP contribution >= 0.6 is 0 Å². The molecule has 0 amide bonds. The lowest BCUT2D eigenvalue weighted by Crippen LogP contribution is -1.92. The number of aliphatic hydroxyl groups is 1. The number of rotatable bonds is 14. The summed E-state index contributed by atoms with van der Waals surface area (Å²) in [6.07, 6.45) is 27.3. The molecule has 0 saturated heterocycles. The molecule has 23 heavy (non-hydrogen) atoms. The summed E-state index contributed by atoms with van der Waals surface area (Å²) in [5, 5.41) is 17.1. The number of allylic oxidation sites excluding steroid dienone is 9. The van der Waals surface area contributed by atoms with E-state index >= 15 is 0 Å². The summed E-state index contributed by atoms with van der Waals surface area (Å²) >= 11 is 0. The minimum absolute atomic E-state index is 0.219. The van der Waals surface area contributed by atoms with Gasteiger partial charge in [-0.3, -0.25) is 4.79 Å². The van der Waals surface area contributed by atoms with Gasteiger partial charge in [-0.1, -0.05) is 60.8 Å². The second-order valence-electron chi connectivity index (χ2n) is 5.10. The standard InChI is InChI=1S/C20H30O3/c21-19-17-15-13-11-9-7-5-3-1-2-4-6-8-10-12-14-16-18-20(22)23/h1,3-4,6-7,9-10,12-13,15,21H,2,5,8,11,14,16-19H2,(H,22,23). The van der Waals surface area contributed by atoms with Crippen LogP contribution in [0.4, 0.5) is 0 Å². The molecule has 2 N–H and O–H groups in total. The van der Waals surface area contributed by atoms with Crippen molar-refractivity contribution in [1.82, 2.24) is 0 Å². The lowest BCUT2D eigenvalue weighted by molar-refractivity contribution is -0.137. The molecule has 0 radical (unpaired) electrons. The van der Waals surface area contributed by atoms with E-state index in [0.29, 0.717) is 6.42 Å². The average molecular weight is 318 g/mol. The number of unbranched alkanes of at least 4 members (excludes halogenated alkanes) is 1. The Morgan fingerprint density at radius 1 is 0.652 bits per heavy atom. The van der Waals surface area contributed by atoms with E-state index in [1.807, 2.05) is 12.2 Å². The maximum atomic E-state index is 10.3. The van der Waals surface area contributed by atoms with E-state index in [0.717, 1.165) is 38.5 Å². The van der Waals surface area contributed by atoms with Gasteiger partial charge in [0.25, 0.3) is 0 Å². The highest BCUT2D eigenvalue weighted by molar-refractivity contribution is 5.66. The Morgan fingerprint density at radius 3 is 1.43 bits per heavy atom. The maximum absolute atomic E-state index is 10.3. The van der Waals surface area contributed by atoms with Crippen LogP contribution in [0.3, 0.4) is 0 Å². The Morgan fingerprint density at radius 2 is 1.04 bits per heavy atom. The molecule has 0 aliphatic carbocycles. The molecule has 0 heterocycles. The molecule has 128 valence electrons. The van der Waals surface area contributed by atoms with E-state index in [9.17, 15) is 4.79 Å². The SMILES string of the molecule is O=C(O)CCCC=CCC=CCC=CCC=CCC=CCCO. The first-order valence-corrected chi connectivity index (χ1v) is 8.35. The average Bonchev–Trinajstić information content (AvgIpc) is 2.53. The fourth-order valence-corrected chi connectivity index (χ4v) is 1.77. The number of hydrogen-bond acceptors (Lipinski definition) is 2. The van der Waals surface area contributed by atoms with Crippen LogP contribution in [-0.4, -0.2) is 22.8 Å². The Bertz CT molecular complexity index is 415. The number of carbonyl (C=O) groups is 1. The molecule has 0 saturated carbocycles. The van der Waals surface area contributed by atoms with Crippen LogP contribution in [0.15, 0.2) is 60.8 Å². The molecule has 3 heteroatoms. The second kappa shape index (κ2) is 18.2. The Hall–Kier alpha value is -1.87. The van der Waals surface area contributed by atoms with Gasteiger partial charge in [0, 0.05) is 13.0 Å². The van der Waals surface area contributed by atoms with Crippen LogP contribution in [-0.2, 0) is 4.79 Å². The highest BCUT2D eigenvalue weighted by atomic mass is 16.4. The van der Waals surface area contributed by atoms with Gasteiger partial charge in [0.05, 0.1) is 0 Å². The zero-order chi connectivity index (χ0) is 17.0. The molecule has 0 aromatic heterocycles. The summed E-state index contributed by atoms with van der Waals surface area (Å²) in [5.41, 5.74) is 0. The van der Waals surface area contributed by atoms with E-state index in [-0.39, 0.29) is 13.0 Å². The molecular formula is C20H30O3. The van der Waals surface area contributed by atoms with Gasteiger partial charge in [0.1, 0.15) is 0 Å². The predicted octanol–water partition coefficient (Wildman–Crippen LogP) is 4.97. The lowest BCUT2D eigenvalue weighted by Gasteiger charge is -1.89. The second-order valence-corrected chi connectivity index (χ2v) is 5.10. The van der Waals surface area contributed by atoms with Crippen molar-refractivity contribution >= 4 is 5.97 Å². The zero-order valence-corrected chi connectivity index (χ0v) is 13.9. The van der Waals surface area contributed by atoms with Crippen molar-refractivity contribution in [3.8, 4) is 0 Å². The van der Waals surface area contributed by atoms with Gasteiger partial charge in [-0.25, -0.2) is 0 Å². The van der Waals surface area contributed by atoms with Gasteiger partial charge in [0.15, 0.2) is 0 Å². The number of aliphatic carboxylic acids is 1. The van der Waals surface area contributed by atoms with E-state index in [4.69, 9.17) is 10.2 Å². The van der Waals surface area contributed by atoms with Gasteiger partial charge < -0.3 is 10.2 Å². The molecule has 0 spiro atoms. The molecule has 3 nitrogen and oxygen atoms in total. The smallest absolute Gasteiger partial charge is 0.303 e. The minimum Gasteiger partial charge on any atom is -0.481 e. The maximum Gasteiger partial charge on any atom is 0.303 e. The van der Waals surface area contributed by atoms with Gasteiger partial charge in [-0.15, -0.1) is 0 Å². The molecule has 0 rings (SSSR count). The predicted molar refractivity (Wildman–Crippen MR) is 97.4 cm³/mol. The van der Waals surface area contributed by atoms with Crippen molar-refractivity contribution in [2.75, 3.05) is 6.61 Å². The first-order chi connectivity index (χ1) is 11.3. The van der Waals surface area contributed by atoms with Gasteiger partial charge in [-0.2, -0.15) is 0 Å². The Labute approximate surface area is 140 Å². The number of carboxylic acid groups (broad SMARTS) is 1. The van der Waals surface area contributed by atoms with Crippen molar-refractivity contribution in [2.45, 2.75) is 51.4 Å². The van der Waals surface area contributed by atoms with Crippen molar-refractivity contribution < 1.29 is 15.0 Å². The van der Waals surface area contributed by atoms with Gasteiger partial charge in [0.2, 0.25) is 0 Å². The topological polar surface area (TPSA) is 57.5 Å². The van der Waals surface area contributed by atoms with Crippen molar-refractivity contribution in [3.05, 3.63) is 60.8 Å². The molecule has 0 bridgehead atoms. The van der Waals surface area contributed by atoms with Crippen LogP contribution in [0.2, 0.25) is 0 Å². The highest BCUT2D eigenvalue weighted by Crippen LogP contribution is 1.99. The van der Waals surface area contributed by atoms with E-state index in [1.165, 1.54) is 0 Å². The molecule has 0 aromatic rings. The van der Waals surface area contributed by atoms with E-state index < -0.39 is 5.97 Å². The third kappa shape index (κ3) is 20.1. The first kappa shape index (κ1) is 21.1. The van der Waals surface area contributed by atoms with Gasteiger partial charge >= 0.3 is 5.97 Å². The molecule has 0 aliphatic heterocycles. The lowest BCUT2D eigenvalue weighted by atomic mass is 10.2. The summed E-state index contributed by atoms with van der Waals surface area (Å²) in [6.45, 7) is 0.219. The monoisotopic (exact) mass is 318 g/mol. The zero-order valence-electron chi connectivity index (χ0n) is 13.9. The summed E-state index contributed by atoms with van der Waals surface area (Å²) in [6, 6.07) is 0.